The molecule has 2 aliphatic heterocycles. The summed E-state index contributed by atoms with van der Waals surface area (Å²) in [4.78, 5) is 26.1. The van der Waals surface area contributed by atoms with Gasteiger partial charge in [0.15, 0.2) is 0 Å². The highest BCUT2D eigenvalue weighted by Crippen LogP contribution is 2.14. The van der Waals surface area contributed by atoms with Gasteiger partial charge in [0.1, 0.15) is 6.10 Å². The zero-order valence-corrected chi connectivity index (χ0v) is 15.1. The lowest BCUT2D eigenvalue weighted by Crippen LogP contribution is -2.45. The van der Waals surface area contributed by atoms with Crippen LogP contribution in [0.15, 0.2) is 24.3 Å². The molecule has 0 unspecified atom stereocenters. The Kier molecular flexibility index (Phi) is 7.68. The van der Waals surface area contributed by atoms with E-state index in [0.29, 0.717) is 19.6 Å². The summed E-state index contributed by atoms with van der Waals surface area (Å²) in [6.45, 7) is 3.70. The number of aryl methyl sites for hydroxylation is 1. The number of anilines is 1. The van der Waals surface area contributed by atoms with E-state index >= 15 is 0 Å². The monoisotopic (exact) mass is 367 g/mol. The van der Waals surface area contributed by atoms with Gasteiger partial charge in [-0.2, -0.15) is 0 Å². The van der Waals surface area contributed by atoms with Crippen molar-refractivity contribution in [2.75, 3.05) is 38.1 Å². The van der Waals surface area contributed by atoms with Crippen LogP contribution in [-0.4, -0.2) is 55.6 Å². The Morgan fingerprint density at radius 1 is 1.20 bits per heavy atom. The number of hydrogen-bond donors (Lipinski definition) is 2. The molecule has 6 nitrogen and oxygen atoms in total. The molecule has 2 fully saturated rings. The van der Waals surface area contributed by atoms with Gasteiger partial charge in [0.05, 0.1) is 6.61 Å². The average molecular weight is 368 g/mol. The number of morpholine rings is 1. The van der Waals surface area contributed by atoms with Gasteiger partial charge >= 0.3 is 0 Å². The predicted molar refractivity (Wildman–Crippen MR) is 99.1 cm³/mol. The number of hydrogen-bond acceptors (Lipinski definition) is 4. The van der Waals surface area contributed by atoms with E-state index in [1.807, 2.05) is 29.2 Å². The minimum atomic E-state index is -0.434. The molecule has 0 saturated carbocycles. The molecular weight excluding hydrogens is 342 g/mol. The van der Waals surface area contributed by atoms with Gasteiger partial charge in [0, 0.05) is 38.3 Å². The first-order valence-corrected chi connectivity index (χ1v) is 8.72. The molecule has 0 radical (unpaired) electrons. The van der Waals surface area contributed by atoms with E-state index in [9.17, 15) is 9.59 Å². The van der Waals surface area contributed by atoms with E-state index in [0.717, 1.165) is 50.1 Å². The van der Waals surface area contributed by atoms with Crippen molar-refractivity contribution in [3.8, 4) is 0 Å². The van der Waals surface area contributed by atoms with Gasteiger partial charge in [-0.15, -0.1) is 12.4 Å². The van der Waals surface area contributed by atoms with Crippen LogP contribution in [0.5, 0.6) is 0 Å². The molecule has 2 heterocycles. The van der Waals surface area contributed by atoms with Crippen LogP contribution >= 0.6 is 12.4 Å². The smallest absolute Gasteiger partial charge is 0.254 e. The molecule has 2 amide bonds. The highest BCUT2D eigenvalue weighted by Gasteiger charge is 2.21. The Labute approximate surface area is 154 Å². The highest BCUT2D eigenvalue weighted by atomic mass is 35.5. The molecule has 2 saturated heterocycles. The van der Waals surface area contributed by atoms with Gasteiger partial charge in [-0.1, -0.05) is 12.1 Å². The second-order valence-corrected chi connectivity index (χ2v) is 6.34. The number of halogens is 1. The standard InChI is InChI=1S/C18H25N3O3.ClH/c22-17(21-10-1-2-11-21)8-5-14-3-6-15(7-4-14)20-18(23)16-13-19-9-12-24-16;/h3-4,6-7,16,19H,1-2,5,8-13H2,(H,20,23);1H/t16-;/m1./s1. The van der Waals surface area contributed by atoms with Crippen molar-refractivity contribution in [3.63, 3.8) is 0 Å². The second kappa shape index (κ2) is 9.75. The minimum absolute atomic E-state index is 0. The Morgan fingerprint density at radius 3 is 2.56 bits per heavy atom. The zero-order chi connectivity index (χ0) is 16.8. The Bertz CT molecular complexity index is 567. The molecule has 1 aromatic carbocycles. The van der Waals surface area contributed by atoms with Crippen molar-refractivity contribution in [2.24, 2.45) is 0 Å². The first-order valence-electron chi connectivity index (χ1n) is 8.72. The summed E-state index contributed by atoms with van der Waals surface area (Å²) in [7, 11) is 0. The van der Waals surface area contributed by atoms with E-state index in [1.54, 1.807) is 0 Å². The normalized spacial score (nSPS) is 20.0. The third-order valence-electron chi connectivity index (χ3n) is 4.53. The molecule has 25 heavy (non-hydrogen) atoms. The van der Waals surface area contributed by atoms with Crippen LogP contribution < -0.4 is 10.6 Å². The lowest BCUT2D eigenvalue weighted by molar-refractivity contribution is -0.130. The number of nitrogens with one attached hydrogen (secondary N) is 2. The molecule has 0 spiro atoms. The van der Waals surface area contributed by atoms with E-state index < -0.39 is 6.10 Å². The number of nitrogens with zero attached hydrogens (tertiary/aromatic N) is 1. The van der Waals surface area contributed by atoms with Crippen molar-refractivity contribution < 1.29 is 14.3 Å². The number of carbonyl (C=O) groups excluding carboxylic acids is 2. The summed E-state index contributed by atoms with van der Waals surface area (Å²) in [5.74, 6) is 0.117. The third-order valence-corrected chi connectivity index (χ3v) is 4.53. The maximum Gasteiger partial charge on any atom is 0.254 e. The molecule has 3 rings (SSSR count). The van der Waals surface area contributed by atoms with Crippen LogP contribution in [0.25, 0.3) is 0 Å². The first-order chi connectivity index (χ1) is 11.7. The van der Waals surface area contributed by atoms with Crippen LogP contribution in [0.4, 0.5) is 5.69 Å². The Balaban J connectivity index is 0.00000225. The fourth-order valence-corrected chi connectivity index (χ4v) is 3.09. The van der Waals surface area contributed by atoms with E-state index in [1.165, 1.54) is 0 Å². The number of rotatable bonds is 5. The number of likely N-dealkylation sites (tertiary alicyclic amines) is 1. The van der Waals surface area contributed by atoms with E-state index in [-0.39, 0.29) is 24.2 Å². The number of amides is 2. The van der Waals surface area contributed by atoms with Gasteiger partial charge in [0.2, 0.25) is 5.91 Å². The third kappa shape index (κ3) is 5.70. The summed E-state index contributed by atoms with van der Waals surface area (Å²) >= 11 is 0. The van der Waals surface area contributed by atoms with Crippen LogP contribution in [0.2, 0.25) is 0 Å². The molecule has 0 aliphatic carbocycles. The Hall–Kier alpha value is -1.63. The maximum absolute atomic E-state index is 12.1. The number of carbonyl (C=O) groups is 2. The van der Waals surface area contributed by atoms with Crippen LogP contribution in [0.3, 0.4) is 0 Å². The van der Waals surface area contributed by atoms with Crippen molar-refractivity contribution in [3.05, 3.63) is 29.8 Å². The zero-order valence-electron chi connectivity index (χ0n) is 14.3. The van der Waals surface area contributed by atoms with Crippen molar-refractivity contribution in [1.29, 1.82) is 0 Å². The highest BCUT2D eigenvalue weighted by molar-refractivity contribution is 5.94. The molecule has 0 bridgehead atoms. The SMILES string of the molecule is Cl.O=C(Nc1ccc(CCC(=O)N2CCCC2)cc1)[C@H]1CNCCO1. The Morgan fingerprint density at radius 2 is 1.92 bits per heavy atom. The number of ether oxygens (including phenoxy) is 1. The molecule has 138 valence electrons. The van der Waals surface area contributed by atoms with Crippen molar-refractivity contribution in [1.82, 2.24) is 10.2 Å². The van der Waals surface area contributed by atoms with Crippen molar-refractivity contribution >= 4 is 29.9 Å². The maximum atomic E-state index is 12.1. The second-order valence-electron chi connectivity index (χ2n) is 6.34. The fourth-order valence-electron chi connectivity index (χ4n) is 3.09. The lowest BCUT2D eigenvalue weighted by atomic mass is 10.1. The van der Waals surface area contributed by atoms with E-state index in [4.69, 9.17) is 4.74 Å². The van der Waals surface area contributed by atoms with Gasteiger partial charge in [-0.3, -0.25) is 9.59 Å². The van der Waals surface area contributed by atoms with Gasteiger partial charge in [-0.05, 0) is 37.0 Å². The predicted octanol–water partition coefficient (Wildman–Crippen LogP) is 1.59. The largest absolute Gasteiger partial charge is 0.366 e. The number of benzene rings is 1. The van der Waals surface area contributed by atoms with Gasteiger partial charge in [0.25, 0.3) is 5.91 Å². The average Bonchev–Trinajstić information content (AvgIpc) is 3.16. The van der Waals surface area contributed by atoms with Crippen LogP contribution in [0.1, 0.15) is 24.8 Å². The summed E-state index contributed by atoms with van der Waals surface area (Å²) in [6.07, 6.45) is 3.10. The molecule has 7 heteroatoms. The quantitative estimate of drug-likeness (QED) is 0.829. The molecule has 1 aromatic rings. The fraction of sp³-hybridized carbons (Fsp3) is 0.556. The minimum Gasteiger partial charge on any atom is -0.366 e. The summed E-state index contributed by atoms with van der Waals surface area (Å²) in [6, 6.07) is 7.69. The summed E-state index contributed by atoms with van der Waals surface area (Å²) in [5, 5.41) is 6.01. The first kappa shape index (κ1) is 19.7. The van der Waals surface area contributed by atoms with Crippen LogP contribution in [0, 0.1) is 0 Å². The summed E-state index contributed by atoms with van der Waals surface area (Å²) in [5.41, 5.74) is 1.86. The van der Waals surface area contributed by atoms with E-state index in [2.05, 4.69) is 10.6 Å². The molecular formula is C18H26ClN3O3. The van der Waals surface area contributed by atoms with Crippen LogP contribution in [-0.2, 0) is 20.7 Å². The molecule has 1 atom stereocenters. The molecule has 2 aliphatic rings. The van der Waals surface area contributed by atoms with Gasteiger partial charge < -0.3 is 20.3 Å². The molecule has 0 aromatic heterocycles. The topological polar surface area (TPSA) is 70.7 Å². The van der Waals surface area contributed by atoms with Gasteiger partial charge in [-0.25, -0.2) is 0 Å². The molecule has 2 N–H and O–H groups in total. The van der Waals surface area contributed by atoms with Crippen molar-refractivity contribution in [2.45, 2.75) is 31.8 Å². The lowest BCUT2D eigenvalue weighted by Gasteiger charge is -2.22. The summed E-state index contributed by atoms with van der Waals surface area (Å²) < 4.78 is 5.43.